The summed E-state index contributed by atoms with van der Waals surface area (Å²) in [5.74, 6) is 0.0924. The van der Waals surface area contributed by atoms with Gasteiger partial charge in [0.2, 0.25) is 0 Å². The van der Waals surface area contributed by atoms with Crippen molar-refractivity contribution in [3.63, 3.8) is 0 Å². The van der Waals surface area contributed by atoms with Gasteiger partial charge in [-0.25, -0.2) is 9.37 Å². The lowest BCUT2D eigenvalue weighted by Gasteiger charge is -2.07. The van der Waals surface area contributed by atoms with Crippen LogP contribution in [0.15, 0.2) is 24.5 Å². The molecule has 90 valence electrons. The van der Waals surface area contributed by atoms with Crippen LogP contribution in [-0.2, 0) is 13.0 Å². The van der Waals surface area contributed by atoms with E-state index in [4.69, 9.17) is 11.6 Å². The molecule has 0 spiro atoms. The van der Waals surface area contributed by atoms with E-state index in [0.717, 1.165) is 18.4 Å². The Labute approximate surface area is 103 Å². The van der Waals surface area contributed by atoms with E-state index in [-0.39, 0.29) is 10.8 Å². The van der Waals surface area contributed by atoms with Crippen molar-refractivity contribution in [1.29, 1.82) is 0 Å². The number of halogens is 2. The molecule has 0 unspecified atom stereocenters. The summed E-state index contributed by atoms with van der Waals surface area (Å²) in [6.45, 7) is 2.80. The highest BCUT2D eigenvalue weighted by molar-refractivity contribution is 6.30. The third-order valence-electron chi connectivity index (χ3n) is 2.61. The summed E-state index contributed by atoms with van der Waals surface area (Å²) < 4.78 is 15.0. The van der Waals surface area contributed by atoms with Crippen molar-refractivity contribution in [2.75, 3.05) is 0 Å². The van der Waals surface area contributed by atoms with Crippen molar-refractivity contribution in [2.45, 2.75) is 19.9 Å². The van der Waals surface area contributed by atoms with Gasteiger partial charge in [-0.2, -0.15) is 0 Å². The minimum Gasteiger partial charge on any atom is -0.508 e. The maximum absolute atomic E-state index is 13.1. The Kier molecular flexibility index (Phi) is 3.33. The summed E-state index contributed by atoms with van der Waals surface area (Å²) in [6, 6.07) is 2.46. The standard InChI is InChI=1S/C12H12ClFN2O/c1-2-16-4-3-15-12(16)6-8-5-9(13)10(14)7-11(8)17/h3-5,7,17H,2,6H2,1H3. The Bertz CT molecular complexity index is 539. The molecule has 0 aliphatic rings. The number of benzene rings is 1. The van der Waals surface area contributed by atoms with Crippen molar-refractivity contribution >= 4 is 11.6 Å². The van der Waals surface area contributed by atoms with E-state index in [1.807, 2.05) is 17.7 Å². The first-order valence-corrected chi connectivity index (χ1v) is 5.66. The average molecular weight is 255 g/mol. The molecule has 0 amide bonds. The summed E-state index contributed by atoms with van der Waals surface area (Å²) in [4.78, 5) is 4.19. The molecule has 0 bridgehead atoms. The van der Waals surface area contributed by atoms with Gasteiger partial charge < -0.3 is 9.67 Å². The summed E-state index contributed by atoms with van der Waals surface area (Å²) in [5.41, 5.74) is 0.567. The first kappa shape index (κ1) is 11.9. The van der Waals surface area contributed by atoms with Gasteiger partial charge in [-0.05, 0) is 13.0 Å². The highest BCUT2D eigenvalue weighted by Crippen LogP contribution is 2.26. The van der Waals surface area contributed by atoms with Crippen LogP contribution in [0.3, 0.4) is 0 Å². The molecule has 2 rings (SSSR count). The van der Waals surface area contributed by atoms with Crippen LogP contribution in [0.5, 0.6) is 5.75 Å². The van der Waals surface area contributed by atoms with Crippen molar-refractivity contribution in [3.8, 4) is 5.75 Å². The average Bonchev–Trinajstić information content (AvgIpc) is 2.73. The molecular weight excluding hydrogens is 243 g/mol. The highest BCUT2D eigenvalue weighted by atomic mass is 35.5. The number of aromatic hydroxyl groups is 1. The second-order valence-electron chi connectivity index (χ2n) is 3.70. The summed E-state index contributed by atoms with van der Waals surface area (Å²) in [5, 5.41) is 9.65. The minimum atomic E-state index is -0.619. The van der Waals surface area contributed by atoms with E-state index in [9.17, 15) is 9.50 Å². The smallest absolute Gasteiger partial charge is 0.145 e. The Balaban J connectivity index is 2.33. The first-order valence-electron chi connectivity index (χ1n) is 5.28. The van der Waals surface area contributed by atoms with Gasteiger partial charge in [-0.3, -0.25) is 0 Å². The molecule has 0 fully saturated rings. The molecule has 1 N–H and O–H groups in total. The van der Waals surface area contributed by atoms with E-state index in [1.54, 1.807) is 6.20 Å². The highest BCUT2D eigenvalue weighted by Gasteiger charge is 2.10. The Morgan fingerprint density at radius 3 is 2.94 bits per heavy atom. The number of hydrogen-bond acceptors (Lipinski definition) is 2. The van der Waals surface area contributed by atoms with Crippen molar-refractivity contribution in [2.24, 2.45) is 0 Å². The molecular formula is C12H12ClFN2O. The number of phenolic OH excluding ortho intramolecular Hbond substituents is 1. The van der Waals surface area contributed by atoms with Crippen LogP contribution in [0.1, 0.15) is 18.3 Å². The number of aromatic nitrogens is 2. The molecule has 0 aliphatic carbocycles. The van der Waals surface area contributed by atoms with E-state index in [2.05, 4.69) is 4.98 Å². The van der Waals surface area contributed by atoms with Crippen molar-refractivity contribution in [3.05, 3.63) is 46.8 Å². The monoisotopic (exact) mass is 254 g/mol. The van der Waals surface area contributed by atoms with Gasteiger partial charge in [0.1, 0.15) is 17.4 Å². The number of imidazole rings is 1. The molecule has 1 heterocycles. The zero-order valence-electron chi connectivity index (χ0n) is 9.32. The molecule has 17 heavy (non-hydrogen) atoms. The molecule has 0 atom stereocenters. The Hall–Kier alpha value is -1.55. The molecule has 0 saturated heterocycles. The number of nitrogens with zero attached hydrogens (tertiary/aromatic N) is 2. The van der Waals surface area contributed by atoms with Crippen LogP contribution >= 0.6 is 11.6 Å². The second kappa shape index (κ2) is 4.75. The minimum absolute atomic E-state index is 0.00686. The predicted octanol–water partition coefficient (Wildman–Crippen LogP) is 2.99. The SMILES string of the molecule is CCn1ccnc1Cc1cc(Cl)c(F)cc1O. The van der Waals surface area contributed by atoms with E-state index in [0.29, 0.717) is 12.0 Å². The lowest BCUT2D eigenvalue weighted by molar-refractivity contribution is 0.462. The van der Waals surface area contributed by atoms with E-state index < -0.39 is 5.82 Å². The summed E-state index contributed by atoms with van der Waals surface area (Å²) >= 11 is 5.69. The third-order valence-corrected chi connectivity index (χ3v) is 2.90. The van der Waals surface area contributed by atoms with E-state index >= 15 is 0 Å². The summed E-state index contributed by atoms with van der Waals surface area (Å²) in [6.07, 6.45) is 3.98. The first-order chi connectivity index (χ1) is 8.11. The number of phenols is 1. The molecule has 2 aromatic rings. The van der Waals surface area contributed by atoms with Crippen molar-refractivity contribution in [1.82, 2.24) is 9.55 Å². The lowest BCUT2D eigenvalue weighted by Crippen LogP contribution is -2.02. The molecule has 0 aliphatic heterocycles. The normalized spacial score (nSPS) is 10.8. The van der Waals surface area contributed by atoms with Gasteiger partial charge >= 0.3 is 0 Å². The van der Waals surface area contributed by atoms with Gasteiger partial charge in [0.25, 0.3) is 0 Å². The Morgan fingerprint density at radius 2 is 2.24 bits per heavy atom. The van der Waals surface area contributed by atoms with Gasteiger partial charge in [-0.15, -0.1) is 0 Å². The second-order valence-corrected chi connectivity index (χ2v) is 4.11. The van der Waals surface area contributed by atoms with Crippen LogP contribution in [-0.4, -0.2) is 14.7 Å². The van der Waals surface area contributed by atoms with E-state index in [1.165, 1.54) is 6.07 Å². The molecule has 3 nitrogen and oxygen atoms in total. The molecule has 1 aromatic carbocycles. The van der Waals surface area contributed by atoms with Crippen LogP contribution in [0.2, 0.25) is 5.02 Å². The third kappa shape index (κ3) is 2.42. The van der Waals surface area contributed by atoms with Crippen LogP contribution in [0.4, 0.5) is 4.39 Å². The summed E-state index contributed by atoms with van der Waals surface area (Å²) in [7, 11) is 0. The fourth-order valence-electron chi connectivity index (χ4n) is 1.68. The predicted molar refractivity (Wildman–Crippen MR) is 63.8 cm³/mol. The van der Waals surface area contributed by atoms with Crippen LogP contribution < -0.4 is 0 Å². The maximum Gasteiger partial charge on any atom is 0.145 e. The zero-order chi connectivity index (χ0) is 12.4. The lowest BCUT2D eigenvalue weighted by atomic mass is 10.1. The number of hydrogen-bond donors (Lipinski definition) is 1. The van der Waals surface area contributed by atoms with Gasteiger partial charge in [0, 0.05) is 37.0 Å². The molecule has 1 aromatic heterocycles. The van der Waals surface area contributed by atoms with Gasteiger partial charge in [0.15, 0.2) is 0 Å². The van der Waals surface area contributed by atoms with Crippen LogP contribution in [0, 0.1) is 5.82 Å². The molecule has 0 radical (unpaired) electrons. The van der Waals surface area contributed by atoms with Gasteiger partial charge in [-0.1, -0.05) is 11.6 Å². The quantitative estimate of drug-likeness (QED) is 0.914. The zero-order valence-corrected chi connectivity index (χ0v) is 10.1. The fourth-order valence-corrected chi connectivity index (χ4v) is 1.87. The number of aryl methyl sites for hydroxylation is 1. The topological polar surface area (TPSA) is 38.0 Å². The Morgan fingerprint density at radius 1 is 1.47 bits per heavy atom. The van der Waals surface area contributed by atoms with Crippen molar-refractivity contribution < 1.29 is 9.50 Å². The number of rotatable bonds is 3. The fraction of sp³-hybridized carbons (Fsp3) is 0.250. The molecule has 5 heteroatoms. The maximum atomic E-state index is 13.1. The van der Waals surface area contributed by atoms with Crippen LogP contribution in [0.25, 0.3) is 0 Å². The largest absolute Gasteiger partial charge is 0.508 e. The van der Waals surface area contributed by atoms with Gasteiger partial charge in [0.05, 0.1) is 5.02 Å². The molecule has 0 saturated carbocycles.